The van der Waals surface area contributed by atoms with Crippen LogP contribution in [0.2, 0.25) is 0 Å². The lowest BCUT2D eigenvalue weighted by molar-refractivity contribution is -0.150. The standard InChI is InChI=1S/C16H30N2O2/c1-6-8-9-13(7-2)10-18-12(5)15(19)17-14(11(3)4)16(18)20/h11-14H,6-10H2,1-5H3,(H,17,19). The van der Waals surface area contributed by atoms with Crippen molar-refractivity contribution in [3.05, 3.63) is 0 Å². The average Bonchev–Trinajstić information content (AvgIpc) is 2.42. The lowest BCUT2D eigenvalue weighted by atomic mass is 9.94. The Balaban J connectivity index is 2.77. The number of nitrogens with one attached hydrogen (secondary N) is 1. The van der Waals surface area contributed by atoms with Crippen LogP contribution in [0.5, 0.6) is 0 Å². The first-order valence-corrected chi connectivity index (χ1v) is 8.03. The van der Waals surface area contributed by atoms with Gasteiger partial charge in [0.15, 0.2) is 0 Å². The molecule has 0 spiro atoms. The van der Waals surface area contributed by atoms with Crippen LogP contribution in [0.3, 0.4) is 0 Å². The van der Waals surface area contributed by atoms with Crippen molar-refractivity contribution in [1.82, 2.24) is 10.2 Å². The van der Waals surface area contributed by atoms with Gasteiger partial charge in [-0.2, -0.15) is 0 Å². The molecule has 1 fully saturated rings. The molecule has 1 aliphatic rings. The van der Waals surface area contributed by atoms with Gasteiger partial charge in [0.1, 0.15) is 12.1 Å². The van der Waals surface area contributed by atoms with Gasteiger partial charge in [0.2, 0.25) is 11.8 Å². The summed E-state index contributed by atoms with van der Waals surface area (Å²) >= 11 is 0. The zero-order chi connectivity index (χ0) is 15.3. The van der Waals surface area contributed by atoms with Crippen LogP contribution in [0.25, 0.3) is 0 Å². The van der Waals surface area contributed by atoms with Gasteiger partial charge < -0.3 is 10.2 Å². The van der Waals surface area contributed by atoms with Gasteiger partial charge in [-0.05, 0) is 25.2 Å². The van der Waals surface area contributed by atoms with Gasteiger partial charge in [-0.3, -0.25) is 9.59 Å². The Kier molecular flexibility index (Phi) is 6.50. The average molecular weight is 282 g/mol. The van der Waals surface area contributed by atoms with Gasteiger partial charge in [0.25, 0.3) is 0 Å². The van der Waals surface area contributed by atoms with E-state index in [0.29, 0.717) is 12.5 Å². The molecular weight excluding hydrogens is 252 g/mol. The van der Waals surface area contributed by atoms with Crippen molar-refractivity contribution in [2.45, 2.75) is 72.4 Å². The Morgan fingerprint density at radius 1 is 1.25 bits per heavy atom. The van der Waals surface area contributed by atoms with E-state index in [4.69, 9.17) is 0 Å². The molecule has 0 aromatic heterocycles. The molecule has 0 saturated carbocycles. The highest BCUT2D eigenvalue weighted by atomic mass is 16.2. The topological polar surface area (TPSA) is 49.4 Å². The molecule has 1 heterocycles. The summed E-state index contributed by atoms with van der Waals surface area (Å²) in [6.45, 7) is 10.9. The third-order valence-corrected chi connectivity index (χ3v) is 4.36. The maximum absolute atomic E-state index is 12.6. The minimum Gasteiger partial charge on any atom is -0.342 e. The van der Waals surface area contributed by atoms with Crippen LogP contribution in [0.4, 0.5) is 0 Å². The molecule has 3 atom stereocenters. The summed E-state index contributed by atoms with van der Waals surface area (Å²) in [6.07, 6.45) is 4.56. The third kappa shape index (κ3) is 3.97. The van der Waals surface area contributed by atoms with Crippen LogP contribution < -0.4 is 5.32 Å². The molecule has 3 unspecified atom stereocenters. The Bertz CT molecular complexity index is 341. The molecule has 0 aliphatic carbocycles. The molecule has 0 bridgehead atoms. The molecule has 20 heavy (non-hydrogen) atoms. The molecule has 1 aliphatic heterocycles. The second-order valence-electron chi connectivity index (χ2n) is 6.31. The largest absolute Gasteiger partial charge is 0.342 e. The van der Waals surface area contributed by atoms with Crippen molar-refractivity contribution < 1.29 is 9.59 Å². The molecule has 0 aromatic rings. The second kappa shape index (κ2) is 7.65. The van der Waals surface area contributed by atoms with E-state index in [1.165, 1.54) is 12.8 Å². The number of piperazine rings is 1. The van der Waals surface area contributed by atoms with Crippen LogP contribution in [0.1, 0.15) is 60.3 Å². The molecule has 0 aromatic carbocycles. The van der Waals surface area contributed by atoms with Gasteiger partial charge >= 0.3 is 0 Å². The van der Waals surface area contributed by atoms with E-state index in [2.05, 4.69) is 19.2 Å². The lowest BCUT2D eigenvalue weighted by Crippen LogP contribution is -2.64. The highest BCUT2D eigenvalue weighted by Crippen LogP contribution is 2.20. The number of hydrogen-bond acceptors (Lipinski definition) is 2. The Morgan fingerprint density at radius 3 is 2.40 bits per heavy atom. The van der Waals surface area contributed by atoms with Crippen molar-refractivity contribution >= 4 is 11.8 Å². The van der Waals surface area contributed by atoms with Crippen LogP contribution in [0, 0.1) is 11.8 Å². The van der Waals surface area contributed by atoms with Crippen molar-refractivity contribution in [3.8, 4) is 0 Å². The van der Waals surface area contributed by atoms with E-state index in [-0.39, 0.29) is 29.8 Å². The number of unbranched alkanes of at least 4 members (excludes halogenated alkanes) is 1. The maximum atomic E-state index is 12.6. The molecule has 116 valence electrons. The predicted molar refractivity (Wildman–Crippen MR) is 81.2 cm³/mol. The highest BCUT2D eigenvalue weighted by Gasteiger charge is 2.39. The fourth-order valence-corrected chi connectivity index (χ4v) is 2.74. The van der Waals surface area contributed by atoms with E-state index in [1.54, 1.807) is 4.90 Å². The Morgan fingerprint density at radius 2 is 1.90 bits per heavy atom. The van der Waals surface area contributed by atoms with Crippen LogP contribution >= 0.6 is 0 Å². The smallest absolute Gasteiger partial charge is 0.246 e. The summed E-state index contributed by atoms with van der Waals surface area (Å²) in [6, 6.07) is -0.699. The van der Waals surface area contributed by atoms with Crippen molar-refractivity contribution in [2.24, 2.45) is 11.8 Å². The van der Waals surface area contributed by atoms with Gasteiger partial charge in [-0.25, -0.2) is 0 Å². The summed E-state index contributed by atoms with van der Waals surface area (Å²) < 4.78 is 0. The number of rotatable bonds is 7. The van der Waals surface area contributed by atoms with Crippen molar-refractivity contribution in [2.75, 3.05) is 6.54 Å². The summed E-state index contributed by atoms with van der Waals surface area (Å²) in [5.41, 5.74) is 0. The summed E-state index contributed by atoms with van der Waals surface area (Å²) in [5, 5.41) is 2.85. The molecule has 4 nitrogen and oxygen atoms in total. The number of hydrogen-bond donors (Lipinski definition) is 1. The van der Waals surface area contributed by atoms with Gasteiger partial charge in [-0.15, -0.1) is 0 Å². The zero-order valence-corrected chi connectivity index (χ0v) is 13.6. The number of nitrogens with zero attached hydrogens (tertiary/aromatic N) is 1. The highest BCUT2D eigenvalue weighted by molar-refractivity contribution is 5.96. The van der Waals surface area contributed by atoms with Crippen LogP contribution in [-0.2, 0) is 9.59 Å². The molecule has 1 rings (SSSR count). The fraction of sp³-hybridized carbons (Fsp3) is 0.875. The van der Waals surface area contributed by atoms with Crippen molar-refractivity contribution in [3.63, 3.8) is 0 Å². The summed E-state index contributed by atoms with van der Waals surface area (Å²) in [4.78, 5) is 26.4. The fourth-order valence-electron chi connectivity index (χ4n) is 2.74. The number of carbonyl (C=O) groups excluding carboxylic acids is 2. The van der Waals surface area contributed by atoms with E-state index < -0.39 is 0 Å². The monoisotopic (exact) mass is 282 g/mol. The van der Waals surface area contributed by atoms with Crippen molar-refractivity contribution in [1.29, 1.82) is 0 Å². The minimum absolute atomic E-state index is 0.0198. The Hall–Kier alpha value is -1.06. The number of amides is 2. The summed E-state index contributed by atoms with van der Waals surface area (Å²) in [7, 11) is 0. The predicted octanol–water partition coefficient (Wildman–Crippen LogP) is 2.57. The molecular formula is C16H30N2O2. The zero-order valence-electron chi connectivity index (χ0n) is 13.6. The first-order chi connectivity index (χ1) is 9.42. The quantitative estimate of drug-likeness (QED) is 0.780. The first kappa shape index (κ1) is 17.0. The van der Waals surface area contributed by atoms with Crippen LogP contribution in [-0.4, -0.2) is 35.3 Å². The minimum atomic E-state index is -0.359. The van der Waals surface area contributed by atoms with Gasteiger partial charge in [0, 0.05) is 6.54 Å². The molecule has 2 amide bonds. The SMILES string of the molecule is CCCCC(CC)CN1C(=O)C(C(C)C)NC(=O)C1C. The third-order valence-electron chi connectivity index (χ3n) is 4.36. The van der Waals surface area contributed by atoms with Gasteiger partial charge in [0.05, 0.1) is 0 Å². The van der Waals surface area contributed by atoms with E-state index >= 15 is 0 Å². The molecule has 1 saturated heterocycles. The molecule has 1 N–H and O–H groups in total. The second-order valence-corrected chi connectivity index (χ2v) is 6.31. The van der Waals surface area contributed by atoms with E-state index in [9.17, 15) is 9.59 Å². The van der Waals surface area contributed by atoms with E-state index in [1.807, 2.05) is 20.8 Å². The van der Waals surface area contributed by atoms with Crippen LogP contribution in [0.15, 0.2) is 0 Å². The molecule has 0 radical (unpaired) electrons. The lowest BCUT2D eigenvalue weighted by Gasteiger charge is -2.40. The maximum Gasteiger partial charge on any atom is 0.246 e. The molecule has 4 heteroatoms. The number of carbonyl (C=O) groups is 2. The van der Waals surface area contributed by atoms with Gasteiger partial charge in [-0.1, -0.05) is 47.0 Å². The first-order valence-electron chi connectivity index (χ1n) is 8.03. The Labute approximate surface area is 123 Å². The normalized spacial score (nSPS) is 25.0. The van der Waals surface area contributed by atoms with E-state index in [0.717, 1.165) is 12.8 Å². The summed E-state index contributed by atoms with van der Waals surface area (Å²) in [5.74, 6) is 0.702.